The topological polar surface area (TPSA) is 104 Å². The van der Waals surface area contributed by atoms with Gasteiger partial charge < -0.3 is 9.47 Å². The van der Waals surface area contributed by atoms with Gasteiger partial charge in [0, 0.05) is 13.7 Å². The minimum Gasteiger partial charge on any atom is -0.379 e. The van der Waals surface area contributed by atoms with Crippen LogP contribution in [0.5, 0.6) is 0 Å². The predicted octanol–water partition coefficient (Wildman–Crippen LogP) is 0.922. The van der Waals surface area contributed by atoms with E-state index in [1.54, 1.807) is 13.0 Å². The molecule has 1 saturated heterocycles. The van der Waals surface area contributed by atoms with Crippen molar-refractivity contribution in [2.45, 2.75) is 37.3 Å². The Morgan fingerprint density at radius 3 is 2.74 bits per heavy atom. The number of aryl methyl sites for hydroxylation is 2. The molecule has 0 bridgehead atoms. The number of hydrogen-bond donors (Lipinski definition) is 1. The third-order valence-electron chi connectivity index (χ3n) is 4.05. The Labute approximate surface area is 134 Å². The smallest absolute Gasteiger partial charge is 0.243 e. The lowest BCUT2D eigenvalue weighted by Crippen LogP contribution is -2.49. The Hall–Kier alpha value is -1.55. The Morgan fingerprint density at radius 2 is 2.00 bits per heavy atom. The van der Waals surface area contributed by atoms with Crippen molar-refractivity contribution in [3.63, 3.8) is 0 Å². The van der Waals surface area contributed by atoms with E-state index in [1.165, 1.54) is 7.11 Å². The van der Waals surface area contributed by atoms with E-state index < -0.39 is 10.0 Å². The molecule has 1 aliphatic rings. The van der Waals surface area contributed by atoms with E-state index in [0.29, 0.717) is 30.7 Å². The van der Waals surface area contributed by atoms with Crippen molar-refractivity contribution in [2.75, 3.05) is 20.3 Å². The van der Waals surface area contributed by atoms with Gasteiger partial charge in [0.2, 0.25) is 10.0 Å². The molecule has 0 aliphatic carbocycles. The number of benzene rings is 1. The molecule has 1 aromatic carbocycles. The normalized spacial score (nSPS) is 22.6. The molecule has 0 amide bonds. The molecule has 0 saturated carbocycles. The van der Waals surface area contributed by atoms with E-state index >= 15 is 0 Å². The second kappa shape index (κ2) is 6.16. The number of fused-ring (bicyclic) bond motifs is 1. The Bertz CT molecular complexity index is 817. The lowest BCUT2D eigenvalue weighted by molar-refractivity contribution is -0.0448. The molecule has 1 aromatic heterocycles. The predicted molar refractivity (Wildman–Crippen MR) is 81.6 cm³/mol. The minimum absolute atomic E-state index is 0.0979. The zero-order valence-corrected chi connectivity index (χ0v) is 14.0. The van der Waals surface area contributed by atoms with Gasteiger partial charge in [-0.1, -0.05) is 6.07 Å². The summed E-state index contributed by atoms with van der Waals surface area (Å²) in [6.07, 6.45) is 0.221. The van der Waals surface area contributed by atoms with Gasteiger partial charge in [0.05, 0.1) is 18.8 Å². The molecule has 126 valence electrons. The summed E-state index contributed by atoms with van der Waals surface area (Å²) >= 11 is 0. The zero-order chi connectivity index (χ0) is 16.6. The Kier molecular flexibility index (Phi) is 4.37. The second-order valence-corrected chi connectivity index (χ2v) is 7.32. The van der Waals surface area contributed by atoms with E-state index in [0.717, 1.165) is 5.56 Å². The fourth-order valence-electron chi connectivity index (χ4n) is 2.92. The van der Waals surface area contributed by atoms with E-state index in [4.69, 9.17) is 14.1 Å². The first kappa shape index (κ1) is 16.3. The maximum atomic E-state index is 12.9. The molecule has 23 heavy (non-hydrogen) atoms. The van der Waals surface area contributed by atoms with Gasteiger partial charge in [0.15, 0.2) is 5.52 Å². The van der Waals surface area contributed by atoms with Gasteiger partial charge in [-0.05, 0) is 41.7 Å². The minimum atomic E-state index is -3.79. The highest BCUT2D eigenvalue weighted by Gasteiger charge is 2.32. The summed E-state index contributed by atoms with van der Waals surface area (Å²) in [7, 11) is -2.26. The zero-order valence-electron chi connectivity index (χ0n) is 13.2. The van der Waals surface area contributed by atoms with Crippen LogP contribution in [-0.4, -0.2) is 51.2 Å². The number of nitrogens with one attached hydrogen (secondary N) is 1. The molecule has 2 heterocycles. The third kappa shape index (κ3) is 2.97. The first-order valence-electron chi connectivity index (χ1n) is 7.29. The van der Waals surface area contributed by atoms with Crippen LogP contribution in [0.4, 0.5) is 0 Å². The molecule has 0 radical (unpaired) electrons. The van der Waals surface area contributed by atoms with Crippen LogP contribution in [0, 0.1) is 13.8 Å². The van der Waals surface area contributed by atoms with Crippen molar-refractivity contribution in [2.24, 2.45) is 0 Å². The number of rotatable bonds is 4. The fraction of sp³-hybridized carbons (Fsp3) is 0.571. The van der Waals surface area contributed by atoms with Crippen LogP contribution in [0.1, 0.15) is 17.5 Å². The van der Waals surface area contributed by atoms with Crippen LogP contribution in [0.2, 0.25) is 0 Å². The lowest BCUT2D eigenvalue weighted by atomic mass is 10.1. The van der Waals surface area contributed by atoms with Gasteiger partial charge in [0.25, 0.3) is 0 Å². The number of hydrogen-bond acceptors (Lipinski definition) is 7. The van der Waals surface area contributed by atoms with E-state index in [-0.39, 0.29) is 22.6 Å². The van der Waals surface area contributed by atoms with Crippen molar-refractivity contribution in [3.05, 3.63) is 17.2 Å². The Balaban J connectivity index is 2.01. The Morgan fingerprint density at radius 1 is 1.26 bits per heavy atom. The summed E-state index contributed by atoms with van der Waals surface area (Å²) in [5.41, 5.74) is 2.11. The van der Waals surface area contributed by atoms with Crippen LogP contribution in [-0.2, 0) is 19.5 Å². The fourth-order valence-corrected chi connectivity index (χ4v) is 4.58. The molecule has 0 spiro atoms. The van der Waals surface area contributed by atoms with Crippen LogP contribution in [0.3, 0.4) is 0 Å². The van der Waals surface area contributed by atoms with E-state index in [9.17, 15) is 8.42 Å². The molecule has 9 heteroatoms. The molecule has 1 N–H and O–H groups in total. The number of aromatic nitrogens is 2. The SMILES string of the molecule is CO[C@@H]1COCC[C@H]1NS(=O)(=O)c1c(C)cc(C)c2nonc12. The molecule has 1 fully saturated rings. The number of sulfonamides is 1. The molecular formula is C14H19N3O5S. The maximum absolute atomic E-state index is 12.9. The summed E-state index contributed by atoms with van der Waals surface area (Å²) in [6, 6.07) is 1.41. The first-order valence-corrected chi connectivity index (χ1v) is 8.77. The first-order chi connectivity index (χ1) is 10.9. The second-order valence-electron chi connectivity index (χ2n) is 5.67. The van der Waals surface area contributed by atoms with Crippen LogP contribution in [0.25, 0.3) is 11.0 Å². The average Bonchev–Trinajstić information content (AvgIpc) is 2.96. The standard InChI is InChI=1S/C14H19N3O5S/c1-8-6-9(2)14(13-12(8)15-22-16-13)23(18,19)17-10-4-5-21-7-11(10)20-3/h6,10-11,17H,4-5,7H2,1-3H3/t10-,11-/m1/s1. The van der Waals surface area contributed by atoms with Gasteiger partial charge in [0.1, 0.15) is 10.4 Å². The molecule has 0 unspecified atom stereocenters. The number of ether oxygens (including phenoxy) is 2. The molecule has 2 aromatic rings. The van der Waals surface area contributed by atoms with Crippen molar-refractivity contribution in [3.8, 4) is 0 Å². The van der Waals surface area contributed by atoms with Crippen molar-refractivity contribution >= 4 is 21.1 Å². The average molecular weight is 341 g/mol. The number of nitrogens with zero attached hydrogens (tertiary/aromatic N) is 2. The molecule has 3 rings (SSSR count). The highest BCUT2D eigenvalue weighted by atomic mass is 32.2. The molecule has 1 aliphatic heterocycles. The van der Waals surface area contributed by atoms with E-state index in [2.05, 4.69) is 15.0 Å². The summed E-state index contributed by atoms with van der Waals surface area (Å²) in [5, 5.41) is 7.57. The highest BCUT2D eigenvalue weighted by Crippen LogP contribution is 2.27. The lowest BCUT2D eigenvalue weighted by Gasteiger charge is -2.30. The van der Waals surface area contributed by atoms with Crippen LogP contribution in [0.15, 0.2) is 15.6 Å². The van der Waals surface area contributed by atoms with Gasteiger partial charge in [-0.15, -0.1) is 0 Å². The summed E-state index contributed by atoms with van der Waals surface area (Å²) in [4.78, 5) is 0.0979. The van der Waals surface area contributed by atoms with Gasteiger partial charge >= 0.3 is 0 Å². The quantitative estimate of drug-likeness (QED) is 0.882. The molecule has 8 nitrogen and oxygen atoms in total. The van der Waals surface area contributed by atoms with Gasteiger partial charge in [-0.3, -0.25) is 0 Å². The summed E-state index contributed by atoms with van der Waals surface area (Å²) in [6.45, 7) is 4.41. The largest absolute Gasteiger partial charge is 0.379 e. The summed E-state index contributed by atoms with van der Waals surface area (Å²) < 4.78 is 43.9. The van der Waals surface area contributed by atoms with E-state index in [1.807, 2.05) is 6.92 Å². The summed E-state index contributed by atoms with van der Waals surface area (Å²) in [5.74, 6) is 0. The van der Waals surface area contributed by atoms with Gasteiger partial charge in [-0.2, -0.15) is 0 Å². The number of methoxy groups -OCH3 is 1. The highest BCUT2D eigenvalue weighted by molar-refractivity contribution is 7.89. The molecule has 2 atom stereocenters. The maximum Gasteiger partial charge on any atom is 0.243 e. The molecular weight excluding hydrogens is 322 g/mol. The van der Waals surface area contributed by atoms with Crippen molar-refractivity contribution in [1.82, 2.24) is 15.0 Å². The van der Waals surface area contributed by atoms with Gasteiger partial charge in [-0.25, -0.2) is 17.8 Å². The monoisotopic (exact) mass is 341 g/mol. The van der Waals surface area contributed by atoms with Crippen molar-refractivity contribution in [1.29, 1.82) is 0 Å². The van der Waals surface area contributed by atoms with Crippen molar-refractivity contribution < 1.29 is 22.5 Å². The third-order valence-corrected chi connectivity index (χ3v) is 5.72. The van der Waals surface area contributed by atoms with Crippen LogP contribution >= 0.6 is 0 Å². The van der Waals surface area contributed by atoms with Crippen LogP contribution < -0.4 is 4.72 Å².